The summed E-state index contributed by atoms with van der Waals surface area (Å²) < 4.78 is 13.5. The van der Waals surface area contributed by atoms with Crippen LogP contribution in [0.15, 0.2) is 22.7 Å². The third-order valence-electron chi connectivity index (χ3n) is 3.80. The van der Waals surface area contributed by atoms with E-state index in [0.717, 1.165) is 31.2 Å². The smallest absolute Gasteiger partial charge is 0.168 e. The molecule has 1 saturated carbocycles. The van der Waals surface area contributed by atoms with Crippen LogP contribution >= 0.6 is 15.9 Å². The van der Waals surface area contributed by atoms with Gasteiger partial charge >= 0.3 is 0 Å². The third-order valence-corrected chi connectivity index (χ3v) is 4.41. The molecule has 0 aliphatic heterocycles. The normalized spacial score (nSPS) is 18.9. The van der Waals surface area contributed by atoms with Crippen LogP contribution < -0.4 is 0 Å². The van der Waals surface area contributed by atoms with Crippen molar-refractivity contribution in [2.75, 3.05) is 0 Å². The summed E-state index contributed by atoms with van der Waals surface area (Å²) in [6.45, 7) is 0. The number of halogens is 2. The van der Waals surface area contributed by atoms with Crippen molar-refractivity contribution in [3.63, 3.8) is 0 Å². The zero-order chi connectivity index (χ0) is 13.9. The van der Waals surface area contributed by atoms with E-state index in [1.54, 1.807) is 12.1 Å². The second-order valence-corrected chi connectivity index (χ2v) is 6.15. The molecule has 0 radical (unpaired) electrons. The fourth-order valence-electron chi connectivity index (χ4n) is 2.59. The number of carbonyl (C=O) groups is 1. The van der Waals surface area contributed by atoms with Gasteiger partial charge in [0.05, 0.1) is 4.47 Å². The molecule has 0 bridgehead atoms. The third kappa shape index (κ3) is 3.63. The van der Waals surface area contributed by atoms with Gasteiger partial charge in [0.2, 0.25) is 0 Å². The fourth-order valence-corrected chi connectivity index (χ4v) is 3.02. The van der Waals surface area contributed by atoms with Gasteiger partial charge in [-0.25, -0.2) is 4.39 Å². The number of aliphatic hydroxyl groups is 1. The first-order chi connectivity index (χ1) is 9.01. The standard InChI is InChI=1S/C15H18BrFO2/c16-12-9-11(5-6-13(12)17)10-14(18)15(19)7-3-1-2-4-8-15/h5-6,9,19H,1-4,7-8,10H2. The summed E-state index contributed by atoms with van der Waals surface area (Å²) in [5.41, 5.74) is -0.451. The summed E-state index contributed by atoms with van der Waals surface area (Å²) in [6.07, 6.45) is 5.22. The minimum absolute atomic E-state index is 0.145. The lowest BCUT2D eigenvalue weighted by Gasteiger charge is -2.25. The van der Waals surface area contributed by atoms with E-state index in [2.05, 4.69) is 15.9 Å². The molecule has 0 heterocycles. The van der Waals surface area contributed by atoms with Gasteiger partial charge in [-0.1, -0.05) is 31.7 Å². The van der Waals surface area contributed by atoms with Gasteiger partial charge in [0.1, 0.15) is 11.4 Å². The van der Waals surface area contributed by atoms with Crippen LogP contribution in [-0.2, 0) is 11.2 Å². The molecule has 2 rings (SSSR count). The van der Waals surface area contributed by atoms with Gasteiger partial charge in [-0.05, 0) is 46.5 Å². The molecule has 0 saturated heterocycles. The maximum absolute atomic E-state index is 13.1. The number of hydrogen-bond donors (Lipinski definition) is 1. The van der Waals surface area contributed by atoms with Gasteiger partial charge in [0, 0.05) is 6.42 Å². The van der Waals surface area contributed by atoms with E-state index in [4.69, 9.17) is 0 Å². The van der Waals surface area contributed by atoms with Crippen molar-refractivity contribution >= 4 is 21.7 Å². The van der Waals surface area contributed by atoms with Crippen LogP contribution in [0.2, 0.25) is 0 Å². The average Bonchev–Trinajstić information content (AvgIpc) is 2.60. The second kappa shape index (κ2) is 6.14. The topological polar surface area (TPSA) is 37.3 Å². The minimum atomic E-state index is -1.18. The van der Waals surface area contributed by atoms with Crippen molar-refractivity contribution in [1.82, 2.24) is 0 Å². The zero-order valence-electron chi connectivity index (χ0n) is 10.8. The van der Waals surface area contributed by atoms with E-state index in [0.29, 0.717) is 17.3 Å². The Morgan fingerprint density at radius 1 is 1.26 bits per heavy atom. The van der Waals surface area contributed by atoms with Gasteiger partial charge in [-0.3, -0.25) is 4.79 Å². The zero-order valence-corrected chi connectivity index (χ0v) is 12.4. The van der Waals surface area contributed by atoms with Crippen molar-refractivity contribution in [2.24, 2.45) is 0 Å². The lowest BCUT2D eigenvalue weighted by molar-refractivity contribution is -0.138. The van der Waals surface area contributed by atoms with Gasteiger partial charge in [0.25, 0.3) is 0 Å². The van der Waals surface area contributed by atoms with Crippen LogP contribution in [0.3, 0.4) is 0 Å². The Morgan fingerprint density at radius 2 is 1.89 bits per heavy atom. The highest BCUT2D eigenvalue weighted by atomic mass is 79.9. The molecule has 0 atom stereocenters. The molecule has 104 valence electrons. The first-order valence-electron chi connectivity index (χ1n) is 6.71. The molecule has 4 heteroatoms. The van der Waals surface area contributed by atoms with Gasteiger partial charge in [-0.15, -0.1) is 0 Å². The Balaban J connectivity index is 2.08. The van der Waals surface area contributed by atoms with E-state index in [-0.39, 0.29) is 18.0 Å². The molecule has 2 nitrogen and oxygen atoms in total. The van der Waals surface area contributed by atoms with Gasteiger partial charge in [0.15, 0.2) is 5.78 Å². The van der Waals surface area contributed by atoms with Crippen LogP contribution in [-0.4, -0.2) is 16.5 Å². The highest BCUT2D eigenvalue weighted by molar-refractivity contribution is 9.10. The van der Waals surface area contributed by atoms with E-state index >= 15 is 0 Å². The number of Topliss-reactive ketones (excluding diaryl/α,β-unsaturated/α-hetero) is 1. The number of ketones is 1. The molecular formula is C15H18BrFO2. The Kier molecular flexibility index (Phi) is 4.74. The molecule has 0 amide bonds. The summed E-state index contributed by atoms with van der Waals surface area (Å²) in [7, 11) is 0. The first kappa shape index (κ1) is 14.7. The SMILES string of the molecule is O=C(Cc1ccc(F)c(Br)c1)C1(O)CCCCCC1. The van der Waals surface area contributed by atoms with Crippen LogP contribution in [0.1, 0.15) is 44.1 Å². The highest BCUT2D eigenvalue weighted by Gasteiger charge is 2.35. The predicted molar refractivity (Wildman–Crippen MR) is 75.5 cm³/mol. The largest absolute Gasteiger partial charge is 0.382 e. The molecule has 1 N–H and O–H groups in total. The van der Waals surface area contributed by atoms with Crippen LogP contribution in [0, 0.1) is 5.82 Å². The Hall–Kier alpha value is -0.740. The Morgan fingerprint density at radius 3 is 2.47 bits per heavy atom. The minimum Gasteiger partial charge on any atom is -0.382 e. The molecule has 1 aliphatic carbocycles. The first-order valence-corrected chi connectivity index (χ1v) is 7.50. The summed E-state index contributed by atoms with van der Waals surface area (Å²) in [5, 5.41) is 10.5. The summed E-state index contributed by atoms with van der Waals surface area (Å²) in [6, 6.07) is 4.54. The van der Waals surface area contributed by atoms with E-state index in [1.807, 2.05) is 0 Å². The van der Waals surface area contributed by atoms with E-state index in [1.165, 1.54) is 6.07 Å². The average molecular weight is 329 g/mol. The lowest BCUT2D eigenvalue weighted by Crippen LogP contribution is -2.39. The van der Waals surface area contributed by atoms with Crippen molar-refractivity contribution < 1.29 is 14.3 Å². The summed E-state index contributed by atoms with van der Waals surface area (Å²) in [4.78, 5) is 12.3. The number of benzene rings is 1. The van der Waals surface area contributed by atoms with Crippen molar-refractivity contribution in [3.8, 4) is 0 Å². The second-order valence-electron chi connectivity index (χ2n) is 5.29. The Bertz CT molecular complexity index is 465. The molecule has 1 aliphatic rings. The summed E-state index contributed by atoms with van der Waals surface area (Å²) >= 11 is 3.11. The number of carbonyl (C=O) groups excluding carboxylic acids is 1. The maximum atomic E-state index is 13.1. The molecule has 0 aromatic heterocycles. The van der Waals surface area contributed by atoms with Crippen molar-refractivity contribution in [2.45, 2.75) is 50.5 Å². The van der Waals surface area contributed by atoms with Crippen LogP contribution in [0.4, 0.5) is 4.39 Å². The molecular weight excluding hydrogens is 311 g/mol. The molecule has 0 unspecified atom stereocenters. The Labute approximate surface area is 121 Å². The van der Waals surface area contributed by atoms with Crippen molar-refractivity contribution in [3.05, 3.63) is 34.1 Å². The van der Waals surface area contributed by atoms with Crippen LogP contribution in [0.25, 0.3) is 0 Å². The molecule has 19 heavy (non-hydrogen) atoms. The van der Waals surface area contributed by atoms with Gasteiger partial charge < -0.3 is 5.11 Å². The number of hydrogen-bond acceptors (Lipinski definition) is 2. The van der Waals surface area contributed by atoms with Gasteiger partial charge in [-0.2, -0.15) is 0 Å². The maximum Gasteiger partial charge on any atom is 0.168 e. The fraction of sp³-hybridized carbons (Fsp3) is 0.533. The van der Waals surface area contributed by atoms with Crippen molar-refractivity contribution in [1.29, 1.82) is 0 Å². The molecule has 0 spiro atoms. The summed E-state index contributed by atoms with van der Waals surface area (Å²) in [5.74, 6) is -0.489. The lowest BCUT2D eigenvalue weighted by atomic mass is 9.86. The van der Waals surface area contributed by atoms with E-state index in [9.17, 15) is 14.3 Å². The van der Waals surface area contributed by atoms with Crippen LogP contribution in [0.5, 0.6) is 0 Å². The van der Waals surface area contributed by atoms with E-state index < -0.39 is 5.60 Å². The monoisotopic (exact) mass is 328 g/mol. The molecule has 1 aromatic carbocycles. The predicted octanol–water partition coefficient (Wildman–Crippen LogP) is 3.79. The quantitative estimate of drug-likeness (QED) is 0.857. The molecule has 1 aromatic rings. The molecule has 1 fully saturated rings. The number of rotatable bonds is 3. The highest BCUT2D eigenvalue weighted by Crippen LogP contribution is 2.29.